The number of benzene rings is 1. The van der Waals surface area contributed by atoms with Gasteiger partial charge in [-0.1, -0.05) is 6.07 Å². The summed E-state index contributed by atoms with van der Waals surface area (Å²) in [7, 11) is -3.09. The monoisotopic (exact) mass is 199 g/mol. The van der Waals surface area contributed by atoms with Crippen LogP contribution in [-0.2, 0) is 16.4 Å². The summed E-state index contributed by atoms with van der Waals surface area (Å²) < 4.78 is 22.3. The van der Waals surface area contributed by atoms with E-state index in [1.807, 2.05) is 6.92 Å². The Balaban J connectivity index is 3.26. The average molecular weight is 199 g/mol. The number of aryl methyl sites for hydroxylation is 1. The van der Waals surface area contributed by atoms with Crippen molar-refractivity contribution in [2.24, 2.45) is 5.73 Å². The van der Waals surface area contributed by atoms with Crippen molar-refractivity contribution >= 4 is 9.84 Å². The second kappa shape index (κ2) is 3.47. The summed E-state index contributed by atoms with van der Waals surface area (Å²) >= 11 is 0. The van der Waals surface area contributed by atoms with Crippen LogP contribution >= 0.6 is 0 Å². The molecule has 72 valence electrons. The lowest BCUT2D eigenvalue weighted by Crippen LogP contribution is -2.02. The van der Waals surface area contributed by atoms with Crippen molar-refractivity contribution < 1.29 is 8.42 Å². The van der Waals surface area contributed by atoms with E-state index in [4.69, 9.17) is 5.73 Å². The van der Waals surface area contributed by atoms with E-state index in [2.05, 4.69) is 0 Å². The maximum absolute atomic E-state index is 11.2. The number of hydrogen-bond acceptors (Lipinski definition) is 3. The molecule has 1 aromatic carbocycles. The minimum Gasteiger partial charge on any atom is -0.326 e. The van der Waals surface area contributed by atoms with E-state index < -0.39 is 9.84 Å². The molecule has 1 rings (SSSR count). The molecule has 0 fully saturated rings. The zero-order valence-electron chi connectivity index (χ0n) is 7.74. The second-order valence-electron chi connectivity index (χ2n) is 3.06. The van der Waals surface area contributed by atoms with Crippen LogP contribution in [0.15, 0.2) is 23.1 Å². The van der Waals surface area contributed by atoms with Gasteiger partial charge in [-0.3, -0.25) is 0 Å². The normalized spacial score (nSPS) is 11.6. The summed E-state index contributed by atoms with van der Waals surface area (Å²) in [4.78, 5) is 0.349. The quantitative estimate of drug-likeness (QED) is 0.768. The Labute approximate surface area is 78.5 Å². The molecule has 0 aliphatic rings. The van der Waals surface area contributed by atoms with E-state index in [1.54, 1.807) is 18.2 Å². The molecule has 0 amide bonds. The maximum Gasteiger partial charge on any atom is 0.175 e. The first kappa shape index (κ1) is 10.2. The predicted octanol–water partition coefficient (Wildman–Crippen LogP) is 0.857. The lowest BCUT2D eigenvalue weighted by atomic mass is 10.1. The second-order valence-corrected chi connectivity index (χ2v) is 5.08. The summed E-state index contributed by atoms with van der Waals surface area (Å²) in [5, 5.41) is 0. The third kappa shape index (κ3) is 2.29. The first-order chi connectivity index (χ1) is 5.95. The fourth-order valence-electron chi connectivity index (χ4n) is 1.13. The molecule has 2 N–H and O–H groups in total. The van der Waals surface area contributed by atoms with Crippen LogP contribution in [0.2, 0.25) is 0 Å². The minimum atomic E-state index is -3.09. The highest BCUT2D eigenvalue weighted by Crippen LogP contribution is 2.14. The van der Waals surface area contributed by atoms with Crippen molar-refractivity contribution in [3.63, 3.8) is 0 Å². The fourth-order valence-corrected chi connectivity index (χ4v) is 1.83. The molecule has 0 spiro atoms. The van der Waals surface area contributed by atoms with Crippen LogP contribution in [0.1, 0.15) is 11.1 Å². The minimum absolute atomic E-state index is 0.349. The van der Waals surface area contributed by atoms with Crippen molar-refractivity contribution in [3.05, 3.63) is 29.3 Å². The molecule has 0 bridgehead atoms. The van der Waals surface area contributed by atoms with E-state index in [0.717, 1.165) is 11.1 Å². The molecule has 0 aliphatic carbocycles. The van der Waals surface area contributed by atoms with Gasteiger partial charge >= 0.3 is 0 Å². The third-order valence-electron chi connectivity index (χ3n) is 1.96. The van der Waals surface area contributed by atoms with Gasteiger partial charge in [-0.05, 0) is 30.2 Å². The van der Waals surface area contributed by atoms with Crippen LogP contribution in [-0.4, -0.2) is 14.7 Å². The molecule has 3 nitrogen and oxygen atoms in total. The smallest absolute Gasteiger partial charge is 0.175 e. The molecular weight excluding hydrogens is 186 g/mol. The van der Waals surface area contributed by atoms with Crippen molar-refractivity contribution in [1.82, 2.24) is 0 Å². The van der Waals surface area contributed by atoms with Crippen LogP contribution < -0.4 is 5.73 Å². The van der Waals surface area contributed by atoms with E-state index in [1.165, 1.54) is 6.26 Å². The highest BCUT2D eigenvalue weighted by atomic mass is 32.2. The van der Waals surface area contributed by atoms with Gasteiger partial charge in [0.1, 0.15) is 0 Å². The fraction of sp³-hybridized carbons (Fsp3) is 0.333. The van der Waals surface area contributed by atoms with Crippen molar-refractivity contribution in [1.29, 1.82) is 0 Å². The summed E-state index contributed by atoms with van der Waals surface area (Å²) in [5.41, 5.74) is 7.36. The average Bonchev–Trinajstić information content (AvgIpc) is 2.02. The van der Waals surface area contributed by atoms with Gasteiger partial charge in [0.2, 0.25) is 0 Å². The van der Waals surface area contributed by atoms with E-state index in [-0.39, 0.29) is 0 Å². The molecule has 1 aromatic rings. The van der Waals surface area contributed by atoms with Gasteiger partial charge in [0.15, 0.2) is 9.84 Å². The van der Waals surface area contributed by atoms with Crippen LogP contribution in [0.5, 0.6) is 0 Å². The molecule has 0 saturated heterocycles. The lowest BCUT2D eigenvalue weighted by molar-refractivity contribution is 0.601. The van der Waals surface area contributed by atoms with Crippen molar-refractivity contribution in [3.8, 4) is 0 Å². The van der Waals surface area contributed by atoms with Crippen LogP contribution in [0, 0.1) is 6.92 Å². The number of nitrogens with two attached hydrogens (primary N) is 1. The summed E-state index contributed by atoms with van der Waals surface area (Å²) in [6.07, 6.45) is 1.20. The van der Waals surface area contributed by atoms with Gasteiger partial charge in [-0.2, -0.15) is 0 Å². The highest BCUT2D eigenvalue weighted by molar-refractivity contribution is 7.90. The summed E-state index contributed by atoms with van der Waals surface area (Å²) in [5.74, 6) is 0. The highest BCUT2D eigenvalue weighted by Gasteiger charge is 2.07. The predicted molar refractivity (Wildman–Crippen MR) is 52.2 cm³/mol. The SMILES string of the molecule is Cc1cc(S(C)(=O)=O)ccc1CN. The topological polar surface area (TPSA) is 60.2 Å². The third-order valence-corrected chi connectivity index (χ3v) is 3.07. The molecule has 0 atom stereocenters. The van der Waals surface area contributed by atoms with Gasteiger partial charge < -0.3 is 5.73 Å². The Bertz CT molecular complexity index is 410. The van der Waals surface area contributed by atoms with E-state index in [0.29, 0.717) is 11.4 Å². The lowest BCUT2D eigenvalue weighted by Gasteiger charge is -2.04. The first-order valence-corrected chi connectivity index (χ1v) is 5.84. The number of sulfone groups is 1. The van der Waals surface area contributed by atoms with Crippen LogP contribution in [0.3, 0.4) is 0 Å². The van der Waals surface area contributed by atoms with Crippen molar-refractivity contribution in [2.75, 3.05) is 6.26 Å². The Morgan fingerprint density at radius 2 is 2.00 bits per heavy atom. The zero-order chi connectivity index (χ0) is 10.1. The molecule has 0 aromatic heterocycles. The van der Waals surface area contributed by atoms with Gasteiger partial charge in [-0.25, -0.2) is 8.42 Å². The van der Waals surface area contributed by atoms with Crippen LogP contribution in [0.4, 0.5) is 0 Å². The molecule has 0 saturated carbocycles. The molecule has 0 radical (unpaired) electrons. The number of rotatable bonds is 2. The van der Waals surface area contributed by atoms with E-state index in [9.17, 15) is 8.42 Å². The summed E-state index contributed by atoms with van der Waals surface area (Å²) in [6.45, 7) is 2.30. The Kier molecular flexibility index (Phi) is 2.73. The zero-order valence-corrected chi connectivity index (χ0v) is 8.56. The standard InChI is InChI=1S/C9H13NO2S/c1-7-5-9(13(2,11)12)4-3-8(7)6-10/h3-5H,6,10H2,1-2H3. The first-order valence-electron chi connectivity index (χ1n) is 3.95. The molecule has 13 heavy (non-hydrogen) atoms. The summed E-state index contributed by atoms with van der Waals surface area (Å²) in [6, 6.07) is 4.99. The molecule has 0 unspecified atom stereocenters. The molecule has 0 heterocycles. The Hall–Kier alpha value is -0.870. The largest absolute Gasteiger partial charge is 0.326 e. The maximum atomic E-state index is 11.2. The molecule has 4 heteroatoms. The molecule has 0 aliphatic heterocycles. The van der Waals surface area contributed by atoms with E-state index >= 15 is 0 Å². The van der Waals surface area contributed by atoms with Gasteiger partial charge in [-0.15, -0.1) is 0 Å². The van der Waals surface area contributed by atoms with Gasteiger partial charge in [0.05, 0.1) is 4.90 Å². The van der Waals surface area contributed by atoms with Crippen LogP contribution in [0.25, 0.3) is 0 Å². The molecular formula is C9H13NO2S. The van der Waals surface area contributed by atoms with Gasteiger partial charge in [0.25, 0.3) is 0 Å². The number of hydrogen-bond donors (Lipinski definition) is 1. The van der Waals surface area contributed by atoms with Gasteiger partial charge in [0, 0.05) is 12.8 Å². The Morgan fingerprint density at radius 1 is 1.38 bits per heavy atom. The Morgan fingerprint density at radius 3 is 2.38 bits per heavy atom. The van der Waals surface area contributed by atoms with Crippen molar-refractivity contribution in [2.45, 2.75) is 18.4 Å².